The predicted octanol–water partition coefficient (Wildman–Crippen LogP) is 4.45. The fourth-order valence-electron chi connectivity index (χ4n) is 1.85. The van der Waals surface area contributed by atoms with E-state index in [1.807, 2.05) is 6.92 Å². The molecule has 1 rings (SSSR count). The van der Waals surface area contributed by atoms with Crippen LogP contribution in [0.3, 0.4) is 0 Å². The molecule has 0 radical (unpaired) electrons. The molecule has 112 valence electrons. The Bertz CT molecular complexity index is 422. The number of carbonyl (C=O) groups is 1. The van der Waals surface area contributed by atoms with Crippen molar-refractivity contribution in [2.45, 2.75) is 52.2 Å². The summed E-state index contributed by atoms with van der Waals surface area (Å²) in [5.74, 6) is 0.267. The molecular weight excluding hydrogens is 266 g/mol. The number of aldehydes is 1. The maximum atomic E-state index is 12.2. The van der Waals surface area contributed by atoms with Crippen LogP contribution in [0.25, 0.3) is 0 Å². The molecule has 0 aliphatic heterocycles. The van der Waals surface area contributed by atoms with Gasteiger partial charge in [-0.05, 0) is 31.9 Å². The van der Waals surface area contributed by atoms with E-state index >= 15 is 0 Å². The first kappa shape index (κ1) is 16.4. The zero-order valence-corrected chi connectivity index (χ0v) is 11.8. The average molecular weight is 286 g/mol. The minimum atomic E-state index is -2.90. The summed E-state index contributed by atoms with van der Waals surface area (Å²) in [6.45, 7) is 1.11. The molecule has 0 amide bonds. The molecule has 1 unspecified atom stereocenters. The Balaban J connectivity index is 2.72. The van der Waals surface area contributed by atoms with Gasteiger partial charge >= 0.3 is 6.61 Å². The molecule has 3 nitrogen and oxygen atoms in total. The van der Waals surface area contributed by atoms with Crippen LogP contribution >= 0.6 is 0 Å². The third-order valence-electron chi connectivity index (χ3n) is 2.88. The summed E-state index contributed by atoms with van der Waals surface area (Å²) in [5.41, 5.74) is 0.328. The molecule has 0 bridgehead atoms. The van der Waals surface area contributed by atoms with E-state index in [0.29, 0.717) is 11.8 Å². The van der Waals surface area contributed by atoms with Crippen LogP contribution in [-0.2, 0) is 0 Å². The van der Waals surface area contributed by atoms with Gasteiger partial charge in [-0.2, -0.15) is 8.78 Å². The number of hydrogen-bond donors (Lipinski definition) is 0. The molecule has 0 aliphatic carbocycles. The normalized spacial score (nSPS) is 12.2. The number of unbranched alkanes of at least 4 members (excludes halogenated alkanes) is 2. The third kappa shape index (κ3) is 5.55. The number of rotatable bonds is 9. The number of carbonyl (C=O) groups excluding carboxylic acids is 1. The Hall–Kier alpha value is -1.65. The van der Waals surface area contributed by atoms with Crippen molar-refractivity contribution in [2.24, 2.45) is 0 Å². The Morgan fingerprint density at radius 2 is 2.00 bits per heavy atom. The van der Waals surface area contributed by atoms with Gasteiger partial charge in [-0.3, -0.25) is 4.79 Å². The molecule has 0 spiro atoms. The molecule has 0 heterocycles. The molecule has 0 aliphatic rings. The van der Waals surface area contributed by atoms with Crippen LogP contribution in [-0.4, -0.2) is 19.0 Å². The second-order valence-electron chi connectivity index (χ2n) is 4.62. The van der Waals surface area contributed by atoms with E-state index in [2.05, 4.69) is 11.7 Å². The van der Waals surface area contributed by atoms with Crippen LogP contribution in [0.4, 0.5) is 8.78 Å². The van der Waals surface area contributed by atoms with Crippen molar-refractivity contribution in [3.8, 4) is 11.5 Å². The van der Waals surface area contributed by atoms with Gasteiger partial charge < -0.3 is 9.47 Å². The molecule has 1 aromatic rings. The lowest BCUT2D eigenvalue weighted by molar-refractivity contribution is -0.0499. The topological polar surface area (TPSA) is 35.5 Å². The second-order valence-corrected chi connectivity index (χ2v) is 4.62. The van der Waals surface area contributed by atoms with Crippen molar-refractivity contribution in [3.63, 3.8) is 0 Å². The van der Waals surface area contributed by atoms with Crippen LogP contribution in [0.2, 0.25) is 0 Å². The number of hydrogen-bond acceptors (Lipinski definition) is 3. The standard InChI is InChI=1S/C15H20F2O3/c1-3-4-5-6-11(2)19-14-9-13(20-15(16)17)8-7-12(14)10-18/h7-11,15H,3-6H2,1-2H3. The van der Waals surface area contributed by atoms with Crippen molar-refractivity contribution >= 4 is 6.29 Å². The molecule has 0 saturated carbocycles. The van der Waals surface area contributed by atoms with Crippen molar-refractivity contribution in [1.29, 1.82) is 0 Å². The zero-order chi connectivity index (χ0) is 15.0. The molecule has 0 N–H and O–H groups in total. The van der Waals surface area contributed by atoms with Crippen LogP contribution in [0.1, 0.15) is 49.9 Å². The summed E-state index contributed by atoms with van der Waals surface area (Å²) in [6, 6.07) is 4.07. The van der Waals surface area contributed by atoms with Gasteiger partial charge in [0.2, 0.25) is 0 Å². The van der Waals surface area contributed by atoms with Gasteiger partial charge in [-0.1, -0.05) is 19.8 Å². The molecule has 20 heavy (non-hydrogen) atoms. The number of benzene rings is 1. The lowest BCUT2D eigenvalue weighted by Crippen LogP contribution is -2.13. The molecule has 0 fully saturated rings. The maximum Gasteiger partial charge on any atom is 0.387 e. The van der Waals surface area contributed by atoms with Gasteiger partial charge in [0.1, 0.15) is 11.5 Å². The smallest absolute Gasteiger partial charge is 0.387 e. The van der Waals surface area contributed by atoms with Crippen molar-refractivity contribution < 1.29 is 23.0 Å². The Labute approximate surface area is 117 Å². The van der Waals surface area contributed by atoms with E-state index in [-0.39, 0.29) is 17.6 Å². The predicted molar refractivity (Wildman–Crippen MR) is 72.7 cm³/mol. The molecule has 5 heteroatoms. The third-order valence-corrected chi connectivity index (χ3v) is 2.88. The van der Waals surface area contributed by atoms with E-state index in [1.54, 1.807) is 0 Å². The fourth-order valence-corrected chi connectivity index (χ4v) is 1.85. The van der Waals surface area contributed by atoms with E-state index in [1.165, 1.54) is 18.2 Å². The van der Waals surface area contributed by atoms with Crippen molar-refractivity contribution in [2.75, 3.05) is 0 Å². The molecule has 1 atom stereocenters. The summed E-state index contributed by atoms with van der Waals surface area (Å²) in [4.78, 5) is 10.9. The van der Waals surface area contributed by atoms with Crippen molar-refractivity contribution in [3.05, 3.63) is 23.8 Å². The van der Waals surface area contributed by atoms with Gasteiger partial charge in [0.05, 0.1) is 11.7 Å². The monoisotopic (exact) mass is 286 g/mol. The summed E-state index contributed by atoms with van der Waals surface area (Å²) in [6.07, 6.45) is 4.67. The van der Waals surface area contributed by atoms with Crippen LogP contribution in [0.15, 0.2) is 18.2 Å². The van der Waals surface area contributed by atoms with E-state index in [4.69, 9.17) is 4.74 Å². The Morgan fingerprint density at radius 1 is 1.25 bits per heavy atom. The minimum absolute atomic E-state index is 0.0126. The summed E-state index contributed by atoms with van der Waals surface area (Å²) in [7, 11) is 0. The summed E-state index contributed by atoms with van der Waals surface area (Å²) < 4.78 is 34.3. The highest BCUT2D eigenvalue weighted by Crippen LogP contribution is 2.26. The van der Waals surface area contributed by atoms with Gasteiger partial charge in [-0.15, -0.1) is 0 Å². The highest BCUT2D eigenvalue weighted by Gasteiger charge is 2.12. The minimum Gasteiger partial charge on any atom is -0.490 e. The lowest BCUT2D eigenvalue weighted by atomic mass is 10.1. The highest BCUT2D eigenvalue weighted by atomic mass is 19.3. The number of halogens is 2. The number of alkyl halides is 2. The molecule has 0 aromatic heterocycles. The second kappa shape index (κ2) is 8.51. The Kier molecular flexibility index (Phi) is 6.98. The van der Waals surface area contributed by atoms with Crippen LogP contribution < -0.4 is 9.47 Å². The first-order chi connectivity index (χ1) is 9.56. The molecule has 0 saturated heterocycles. The van der Waals surface area contributed by atoms with Crippen molar-refractivity contribution in [1.82, 2.24) is 0 Å². The zero-order valence-electron chi connectivity index (χ0n) is 11.8. The van der Waals surface area contributed by atoms with E-state index < -0.39 is 6.61 Å². The summed E-state index contributed by atoms with van der Waals surface area (Å²) >= 11 is 0. The number of ether oxygens (including phenoxy) is 2. The highest BCUT2D eigenvalue weighted by molar-refractivity contribution is 5.79. The van der Waals surface area contributed by atoms with Gasteiger partial charge in [0.25, 0.3) is 0 Å². The molecule has 1 aromatic carbocycles. The molecular formula is C15H20F2O3. The van der Waals surface area contributed by atoms with Gasteiger partial charge in [0, 0.05) is 6.07 Å². The lowest BCUT2D eigenvalue weighted by Gasteiger charge is -2.16. The maximum absolute atomic E-state index is 12.2. The first-order valence-corrected chi connectivity index (χ1v) is 6.77. The van der Waals surface area contributed by atoms with Crippen LogP contribution in [0.5, 0.6) is 11.5 Å². The Morgan fingerprint density at radius 3 is 2.60 bits per heavy atom. The SMILES string of the molecule is CCCCCC(C)Oc1cc(OC(F)F)ccc1C=O. The quantitative estimate of drug-likeness (QED) is 0.497. The van der Waals surface area contributed by atoms with E-state index in [0.717, 1.165) is 25.7 Å². The largest absolute Gasteiger partial charge is 0.490 e. The summed E-state index contributed by atoms with van der Waals surface area (Å²) in [5, 5.41) is 0. The van der Waals surface area contributed by atoms with E-state index in [9.17, 15) is 13.6 Å². The van der Waals surface area contributed by atoms with Crippen LogP contribution in [0, 0.1) is 0 Å². The van der Waals surface area contributed by atoms with Gasteiger partial charge in [-0.25, -0.2) is 0 Å². The average Bonchev–Trinajstić information content (AvgIpc) is 2.38. The van der Waals surface area contributed by atoms with Gasteiger partial charge in [0.15, 0.2) is 6.29 Å². The first-order valence-electron chi connectivity index (χ1n) is 6.77. The fraction of sp³-hybridized carbons (Fsp3) is 0.533.